The molecular formula is C14H17FN2O3S. The van der Waals surface area contributed by atoms with Crippen LogP contribution in [-0.2, 0) is 16.4 Å². The molecule has 0 radical (unpaired) electrons. The van der Waals surface area contributed by atoms with Gasteiger partial charge in [0.05, 0.1) is 10.6 Å². The molecule has 0 spiro atoms. The second kappa shape index (κ2) is 5.95. The topological polar surface area (TPSA) is 72.2 Å². The van der Waals surface area contributed by atoms with Gasteiger partial charge in [-0.05, 0) is 51.0 Å². The van der Waals surface area contributed by atoms with Crippen LogP contribution in [0.5, 0.6) is 0 Å². The van der Waals surface area contributed by atoms with Crippen molar-refractivity contribution in [3.63, 3.8) is 0 Å². The average molecular weight is 312 g/mol. The standard InChI is InChI=1S/C14H17FN2O3S/c1-9-8-12(15)4-5-14(9)21(18,19)16-7-6-13-10(2)17-20-11(13)3/h4-5,8,16H,6-7H2,1-3H3. The van der Waals surface area contributed by atoms with Gasteiger partial charge in [0.15, 0.2) is 0 Å². The number of hydrogen-bond donors (Lipinski definition) is 1. The molecule has 1 N–H and O–H groups in total. The van der Waals surface area contributed by atoms with Crippen LogP contribution in [0.1, 0.15) is 22.6 Å². The smallest absolute Gasteiger partial charge is 0.240 e. The Hall–Kier alpha value is -1.73. The maximum Gasteiger partial charge on any atom is 0.240 e. The van der Waals surface area contributed by atoms with Crippen LogP contribution >= 0.6 is 0 Å². The van der Waals surface area contributed by atoms with Crippen molar-refractivity contribution in [2.45, 2.75) is 32.1 Å². The number of sulfonamides is 1. The van der Waals surface area contributed by atoms with Gasteiger partial charge in [-0.1, -0.05) is 5.16 Å². The first-order valence-electron chi connectivity index (χ1n) is 6.49. The van der Waals surface area contributed by atoms with E-state index in [1.807, 2.05) is 6.92 Å². The number of aryl methyl sites for hydroxylation is 3. The first-order chi connectivity index (χ1) is 9.81. The van der Waals surface area contributed by atoms with E-state index in [9.17, 15) is 12.8 Å². The zero-order valence-corrected chi connectivity index (χ0v) is 12.9. The number of aromatic nitrogens is 1. The van der Waals surface area contributed by atoms with Crippen LogP contribution in [0, 0.1) is 26.6 Å². The third-order valence-corrected chi connectivity index (χ3v) is 4.90. The van der Waals surface area contributed by atoms with E-state index in [0.29, 0.717) is 17.7 Å². The van der Waals surface area contributed by atoms with Crippen molar-refractivity contribution < 1.29 is 17.3 Å². The van der Waals surface area contributed by atoms with Gasteiger partial charge in [-0.3, -0.25) is 0 Å². The molecule has 0 aliphatic rings. The minimum Gasteiger partial charge on any atom is -0.361 e. The van der Waals surface area contributed by atoms with Gasteiger partial charge in [-0.25, -0.2) is 17.5 Å². The summed E-state index contributed by atoms with van der Waals surface area (Å²) in [6, 6.07) is 3.60. The van der Waals surface area contributed by atoms with Crippen LogP contribution in [0.15, 0.2) is 27.6 Å². The number of hydrogen-bond acceptors (Lipinski definition) is 4. The van der Waals surface area contributed by atoms with E-state index < -0.39 is 15.8 Å². The second-order valence-electron chi connectivity index (χ2n) is 4.86. The van der Waals surface area contributed by atoms with Crippen LogP contribution in [0.25, 0.3) is 0 Å². The van der Waals surface area contributed by atoms with Crippen molar-refractivity contribution in [3.8, 4) is 0 Å². The lowest BCUT2D eigenvalue weighted by atomic mass is 10.1. The molecule has 1 aromatic carbocycles. The Kier molecular flexibility index (Phi) is 4.43. The molecule has 0 saturated heterocycles. The monoisotopic (exact) mass is 312 g/mol. The molecule has 21 heavy (non-hydrogen) atoms. The maximum absolute atomic E-state index is 13.0. The summed E-state index contributed by atoms with van der Waals surface area (Å²) in [5, 5.41) is 3.82. The summed E-state index contributed by atoms with van der Waals surface area (Å²) >= 11 is 0. The second-order valence-corrected chi connectivity index (χ2v) is 6.60. The summed E-state index contributed by atoms with van der Waals surface area (Å²) in [5.74, 6) is 0.229. The Labute approximate surface area is 123 Å². The number of halogens is 1. The van der Waals surface area contributed by atoms with E-state index in [1.54, 1.807) is 13.8 Å². The number of benzene rings is 1. The summed E-state index contributed by atoms with van der Waals surface area (Å²) in [7, 11) is -3.65. The van der Waals surface area contributed by atoms with Gasteiger partial charge in [0.1, 0.15) is 11.6 Å². The van der Waals surface area contributed by atoms with E-state index in [1.165, 1.54) is 12.1 Å². The third kappa shape index (κ3) is 3.48. The quantitative estimate of drug-likeness (QED) is 0.919. The fourth-order valence-electron chi connectivity index (χ4n) is 2.16. The number of nitrogens with zero attached hydrogens (tertiary/aromatic N) is 1. The zero-order valence-electron chi connectivity index (χ0n) is 12.1. The molecule has 2 rings (SSSR count). The summed E-state index contributed by atoms with van der Waals surface area (Å²) in [5.41, 5.74) is 2.03. The molecule has 0 atom stereocenters. The van der Waals surface area contributed by atoms with Crippen LogP contribution < -0.4 is 4.72 Å². The van der Waals surface area contributed by atoms with Crippen LogP contribution in [0.2, 0.25) is 0 Å². The van der Waals surface area contributed by atoms with Crippen molar-refractivity contribution >= 4 is 10.0 Å². The molecule has 2 aromatic rings. The van der Waals surface area contributed by atoms with Gasteiger partial charge in [-0.2, -0.15) is 0 Å². The first kappa shape index (κ1) is 15.7. The minimum absolute atomic E-state index is 0.0858. The zero-order chi connectivity index (χ0) is 15.6. The molecular weight excluding hydrogens is 295 g/mol. The van der Waals surface area contributed by atoms with Crippen molar-refractivity contribution in [1.29, 1.82) is 0 Å². The molecule has 0 fully saturated rings. The SMILES string of the molecule is Cc1cc(F)ccc1S(=O)(=O)NCCc1c(C)noc1C. The first-order valence-corrected chi connectivity index (χ1v) is 7.97. The molecule has 0 saturated carbocycles. The Morgan fingerprint density at radius 3 is 2.57 bits per heavy atom. The molecule has 1 aromatic heterocycles. The third-order valence-electron chi connectivity index (χ3n) is 3.27. The van der Waals surface area contributed by atoms with Gasteiger partial charge < -0.3 is 4.52 Å². The highest BCUT2D eigenvalue weighted by Gasteiger charge is 2.17. The molecule has 7 heteroatoms. The predicted octanol–water partition coefficient (Wildman–Crippen LogP) is 2.26. The lowest BCUT2D eigenvalue weighted by Gasteiger charge is -2.09. The Morgan fingerprint density at radius 2 is 2.00 bits per heavy atom. The van der Waals surface area contributed by atoms with Gasteiger partial charge in [0, 0.05) is 12.1 Å². The largest absolute Gasteiger partial charge is 0.361 e. The van der Waals surface area contributed by atoms with Gasteiger partial charge in [0.25, 0.3) is 0 Å². The van der Waals surface area contributed by atoms with Crippen molar-refractivity contribution in [3.05, 3.63) is 46.6 Å². The summed E-state index contributed by atoms with van der Waals surface area (Å²) < 4.78 is 44.9. The van der Waals surface area contributed by atoms with E-state index >= 15 is 0 Å². The van der Waals surface area contributed by atoms with Crippen molar-refractivity contribution in [2.24, 2.45) is 0 Å². The number of rotatable bonds is 5. The van der Waals surface area contributed by atoms with E-state index in [-0.39, 0.29) is 11.4 Å². The normalized spacial score (nSPS) is 11.8. The van der Waals surface area contributed by atoms with Crippen molar-refractivity contribution in [1.82, 2.24) is 9.88 Å². The van der Waals surface area contributed by atoms with Crippen LogP contribution in [-0.4, -0.2) is 20.1 Å². The lowest BCUT2D eigenvalue weighted by molar-refractivity contribution is 0.392. The molecule has 1 heterocycles. The molecule has 0 aliphatic carbocycles. The molecule has 0 amide bonds. The van der Waals surface area contributed by atoms with E-state index in [2.05, 4.69) is 9.88 Å². The van der Waals surface area contributed by atoms with Gasteiger partial charge >= 0.3 is 0 Å². The maximum atomic E-state index is 13.0. The molecule has 0 bridgehead atoms. The molecule has 0 aliphatic heterocycles. The highest BCUT2D eigenvalue weighted by molar-refractivity contribution is 7.89. The van der Waals surface area contributed by atoms with Crippen LogP contribution in [0.4, 0.5) is 4.39 Å². The van der Waals surface area contributed by atoms with Gasteiger partial charge in [-0.15, -0.1) is 0 Å². The Balaban J connectivity index is 2.08. The van der Waals surface area contributed by atoms with Crippen LogP contribution in [0.3, 0.4) is 0 Å². The van der Waals surface area contributed by atoms with E-state index in [0.717, 1.165) is 17.3 Å². The highest BCUT2D eigenvalue weighted by atomic mass is 32.2. The fraction of sp³-hybridized carbons (Fsp3) is 0.357. The van der Waals surface area contributed by atoms with Crippen molar-refractivity contribution in [2.75, 3.05) is 6.54 Å². The molecule has 5 nitrogen and oxygen atoms in total. The highest BCUT2D eigenvalue weighted by Crippen LogP contribution is 2.16. The fourth-order valence-corrected chi connectivity index (χ4v) is 3.42. The lowest BCUT2D eigenvalue weighted by Crippen LogP contribution is -2.26. The summed E-state index contributed by atoms with van der Waals surface area (Å²) in [6.45, 7) is 5.38. The molecule has 0 unspecified atom stereocenters. The predicted molar refractivity (Wildman–Crippen MR) is 76.0 cm³/mol. The Morgan fingerprint density at radius 1 is 1.29 bits per heavy atom. The summed E-state index contributed by atoms with van der Waals surface area (Å²) in [4.78, 5) is 0.0858. The number of nitrogens with one attached hydrogen (secondary N) is 1. The summed E-state index contributed by atoms with van der Waals surface area (Å²) in [6.07, 6.45) is 0.487. The van der Waals surface area contributed by atoms with E-state index in [4.69, 9.17) is 4.52 Å². The van der Waals surface area contributed by atoms with Gasteiger partial charge in [0.2, 0.25) is 10.0 Å². The average Bonchev–Trinajstić information content (AvgIpc) is 2.69. The minimum atomic E-state index is -3.65. The molecule has 114 valence electrons. The Bertz CT molecular complexity index is 734.